The molecule has 1 heterocycles. The number of hydrogen-bond acceptors (Lipinski definition) is 5. The van der Waals surface area contributed by atoms with Crippen LogP contribution >= 0.6 is 0 Å². The molecule has 4 rings (SSSR count). The van der Waals surface area contributed by atoms with Crippen molar-refractivity contribution in [2.45, 2.75) is 38.4 Å². The van der Waals surface area contributed by atoms with E-state index in [4.69, 9.17) is 5.73 Å². The van der Waals surface area contributed by atoms with Crippen molar-refractivity contribution in [1.82, 2.24) is 9.97 Å². The third-order valence-corrected chi connectivity index (χ3v) is 5.14. The summed E-state index contributed by atoms with van der Waals surface area (Å²) in [4.78, 5) is 10.4. The fourth-order valence-corrected chi connectivity index (χ4v) is 3.45. The van der Waals surface area contributed by atoms with Crippen molar-refractivity contribution in [2.24, 2.45) is 5.73 Å². The number of aromatic nitrogens is 2. The molecule has 0 amide bonds. The number of nitrogens with one attached hydrogen (secondary N) is 1. The van der Waals surface area contributed by atoms with E-state index in [1.807, 2.05) is 47.4 Å². The first-order chi connectivity index (χ1) is 14.6. The minimum atomic E-state index is -0.406. The van der Waals surface area contributed by atoms with Crippen LogP contribution in [0.4, 0.5) is 16.0 Å². The summed E-state index contributed by atoms with van der Waals surface area (Å²) in [6, 6.07) is 18.4. The van der Waals surface area contributed by atoms with Crippen LogP contribution in [0.3, 0.4) is 0 Å². The van der Waals surface area contributed by atoms with Gasteiger partial charge in [0.2, 0.25) is 5.82 Å². The number of benzene rings is 2. The lowest BCUT2D eigenvalue weighted by Gasteiger charge is -2.24. The van der Waals surface area contributed by atoms with Gasteiger partial charge in [0.05, 0.1) is 0 Å². The van der Waals surface area contributed by atoms with E-state index in [2.05, 4.69) is 34.0 Å². The van der Waals surface area contributed by atoms with Crippen molar-refractivity contribution >= 4 is 11.6 Å². The number of nitrogens with two attached hydrogens (primary N) is 1. The van der Waals surface area contributed by atoms with Gasteiger partial charge in [0.15, 0.2) is 11.6 Å². The Kier molecular flexibility index (Phi) is 5.93. The summed E-state index contributed by atoms with van der Waals surface area (Å²) in [6.45, 7) is 4.83. The monoisotopic (exact) mass is 403 g/mol. The average Bonchev–Trinajstić information content (AvgIpc) is 3.58. The maximum Gasteiger partial charge on any atom is 0.207 e. The highest BCUT2D eigenvalue weighted by Crippen LogP contribution is 2.34. The molecule has 0 unspecified atom stereocenters. The van der Waals surface area contributed by atoms with Crippen molar-refractivity contribution in [3.05, 3.63) is 95.7 Å². The molecule has 1 aliphatic rings. The van der Waals surface area contributed by atoms with Crippen LogP contribution in [-0.2, 0) is 19.5 Å². The van der Waals surface area contributed by atoms with Gasteiger partial charge >= 0.3 is 0 Å². The highest BCUT2D eigenvalue weighted by atomic mass is 19.1. The first-order valence-corrected chi connectivity index (χ1v) is 10.2. The summed E-state index contributed by atoms with van der Waals surface area (Å²) < 4.78 is 15.3. The molecule has 0 spiro atoms. The van der Waals surface area contributed by atoms with Gasteiger partial charge in [-0.1, -0.05) is 61.2 Å². The van der Waals surface area contributed by atoms with Crippen LogP contribution in [0.1, 0.15) is 29.5 Å². The Hall–Kier alpha value is -3.41. The lowest BCUT2D eigenvalue weighted by molar-refractivity contribution is 0.601. The van der Waals surface area contributed by atoms with Gasteiger partial charge in [-0.15, -0.1) is 0 Å². The van der Waals surface area contributed by atoms with Crippen molar-refractivity contribution in [1.29, 1.82) is 0 Å². The van der Waals surface area contributed by atoms with E-state index in [1.54, 1.807) is 0 Å². The van der Waals surface area contributed by atoms with Crippen molar-refractivity contribution in [3.63, 3.8) is 0 Å². The highest BCUT2D eigenvalue weighted by Gasteiger charge is 2.32. The maximum atomic E-state index is 15.3. The van der Waals surface area contributed by atoms with Crippen molar-refractivity contribution in [2.75, 3.05) is 10.2 Å². The Bertz CT molecular complexity index is 1000. The number of hydrogen-bond donors (Lipinski definition) is 2. The molecule has 1 fully saturated rings. The molecular weight excluding hydrogens is 377 g/mol. The van der Waals surface area contributed by atoms with Crippen molar-refractivity contribution < 1.29 is 4.39 Å². The normalized spacial score (nSPS) is 13.1. The molecule has 0 aliphatic heterocycles. The van der Waals surface area contributed by atoms with Gasteiger partial charge in [0.25, 0.3) is 0 Å². The second-order valence-electron chi connectivity index (χ2n) is 7.71. The molecule has 154 valence electrons. The van der Waals surface area contributed by atoms with Gasteiger partial charge in [0, 0.05) is 31.2 Å². The smallest absolute Gasteiger partial charge is 0.207 e. The standard InChI is InChI=1S/C24H26FN5/c1-17(26)13-18-7-9-19(10-8-18)14-27-23-22(25)24(29-16-28-23)30(21-11-12-21)15-20-5-3-2-4-6-20/h2-10,16,21H,1,11-15,26H2,(H,27,28,29). The first kappa shape index (κ1) is 19.9. The minimum absolute atomic E-state index is 0.220. The predicted octanol–water partition coefficient (Wildman–Crippen LogP) is 4.41. The summed E-state index contributed by atoms with van der Waals surface area (Å²) in [6.07, 6.45) is 4.19. The molecular formula is C24H26FN5. The largest absolute Gasteiger partial charge is 0.402 e. The zero-order valence-electron chi connectivity index (χ0n) is 16.9. The fourth-order valence-electron chi connectivity index (χ4n) is 3.45. The maximum absolute atomic E-state index is 15.3. The number of allylic oxidation sites excluding steroid dienone is 1. The minimum Gasteiger partial charge on any atom is -0.402 e. The number of halogens is 1. The lowest BCUT2D eigenvalue weighted by atomic mass is 10.1. The van der Waals surface area contributed by atoms with Crippen LogP contribution in [0.25, 0.3) is 0 Å². The molecule has 0 bridgehead atoms. The molecule has 1 aromatic heterocycles. The van der Waals surface area contributed by atoms with Gasteiger partial charge < -0.3 is 16.0 Å². The molecule has 0 atom stereocenters. The van der Waals surface area contributed by atoms with E-state index in [0.29, 0.717) is 37.1 Å². The van der Waals surface area contributed by atoms with Crippen LogP contribution in [0.15, 0.2) is 73.2 Å². The zero-order valence-corrected chi connectivity index (χ0v) is 16.9. The summed E-state index contributed by atoms with van der Waals surface area (Å²) in [5.41, 5.74) is 9.56. The van der Waals surface area contributed by atoms with Gasteiger partial charge in [-0.25, -0.2) is 9.97 Å². The van der Waals surface area contributed by atoms with E-state index in [9.17, 15) is 0 Å². The van der Waals surface area contributed by atoms with Crippen LogP contribution in [0.2, 0.25) is 0 Å². The Balaban J connectivity index is 1.47. The van der Waals surface area contributed by atoms with Gasteiger partial charge in [-0.05, 0) is 29.5 Å². The van der Waals surface area contributed by atoms with Crippen LogP contribution in [0.5, 0.6) is 0 Å². The highest BCUT2D eigenvalue weighted by molar-refractivity contribution is 5.52. The van der Waals surface area contributed by atoms with E-state index >= 15 is 4.39 Å². The summed E-state index contributed by atoms with van der Waals surface area (Å²) >= 11 is 0. The number of anilines is 2. The van der Waals surface area contributed by atoms with E-state index in [-0.39, 0.29) is 5.82 Å². The molecule has 3 aromatic rings. The second-order valence-corrected chi connectivity index (χ2v) is 7.71. The summed E-state index contributed by atoms with van der Waals surface area (Å²) in [5.74, 6) is 0.171. The predicted molar refractivity (Wildman–Crippen MR) is 118 cm³/mol. The third kappa shape index (κ3) is 4.95. The van der Waals surface area contributed by atoms with Crippen LogP contribution in [-0.4, -0.2) is 16.0 Å². The molecule has 5 nitrogen and oxygen atoms in total. The average molecular weight is 404 g/mol. The molecule has 30 heavy (non-hydrogen) atoms. The van der Waals surface area contributed by atoms with Gasteiger partial charge in [-0.3, -0.25) is 0 Å². The fraction of sp³-hybridized carbons (Fsp3) is 0.250. The van der Waals surface area contributed by atoms with Gasteiger partial charge in [-0.2, -0.15) is 4.39 Å². The zero-order chi connectivity index (χ0) is 20.9. The Labute approximate surface area is 176 Å². The molecule has 2 aromatic carbocycles. The Morgan fingerprint density at radius 2 is 1.73 bits per heavy atom. The number of nitrogens with zero attached hydrogens (tertiary/aromatic N) is 3. The SMILES string of the molecule is C=C(N)Cc1ccc(CNc2ncnc(N(Cc3ccccc3)C3CC3)c2F)cc1. The van der Waals surface area contributed by atoms with Crippen LogP contribution < -0.4 is 16.0 Å². The Morgan fingerprint density at radius 1 is 1.03 bits per heavy atom. The summed E-state index contributed by atoms with van der Waals surface area (Å²) in [7, 11) is 0. The first-order valence-electron chi connectivity index (χ1n) is 10.2. The van der Waals surface area contributed by atoms with E-state index < -0.39 is 5.82 Å². The molecule has 0 saturated heterocycles. The van der Waals surface area contributed by atoms with Crippen LogP contribution in [0, 0.1) is 5.82 Å². The lowest BCUT2D eigenvalue weighted by Crippen LogP contribution is -2.27. The topological polar surface area (TPSA) is 67.1 Å². The Morgan fingerprint density at radius 3 is 2.40 bits per heavy atom. The quantitative estimate of drug-likeness (QED) is 0.554. The van der Waals surface area contributed by atoms with Gasteiger partial charge in [0.1, 0.15) is 6.33 Å². The third-order valence-electron chi connectivity index (χ3n) is 5.14. The van der Waals surface area contributed by atoms with Crippen molar-refractivity contribution in [3.8, 4) is 0 Å². The molecule has 0 radical (unpaired) electrons. The number of rotatable bonds is 9. The molecule has 1 saturated carbocycles. The van der Waals surface area contributed by atoms with E-state index in [0.717, 1.165) is 29.5 Å². The van der Waals surface area contributed by atoms with E-state index in [1.165, 1.54) is 6.33 Å². The summed E-state index contributed by atoms with van der Waals surface area (Å²) in [5, 5.41) is 3.11. The molecule has 1 aliphatic carbocycles. The second kappa shape index (κ2) is 8.95. The molecule has 3 N–H and O–H groups in total. The molecule has 6 heteroatoms.